The maximum absolute atomic E-state index is 12.8. The van der Waals surface area contributed by atoms with Crippen LogP contribution in [-0.4, -0.2) is 35.4 Å². The molecule has 2 N–H and O–H groups in total. The SMILES string of the molecule is C/C=C\C1=C(/C=C\C)N(C(=O)Nc2ccc(Cc3ccnc(C(=O)NC)c3)cc2)CC1. The molecule has 0 atom stereocenters. The van der Waals surface area contributed by atoms with E-state index in [0.29, 0.717) is 18.7 Å². The first-order valence-corrected chi connectivity index (χ1v) is 10.4. The van der Waals surface area contributed by atoms with Gasteiger partial charge in [0.15, 0.2) is 0 Å². The highest BCUT2D eigenvalue weighted by Gasteiger charge is 2.24. The Labute approximate surface area is 183 Å². The highest BCUT2D eigenvalue weighted by molar-refractivity contribution is 5.92. The molecule has 1 aliphatic rings. The van der Waals surface area contributed by atoms with E-state index in [9.17, 15) is 9.59 Å². The molecule has 0 spiro atoms. The van der Waals surface area contributed by atoms with Gasteiger partial charge in [0.2, 0.25) is 0 Å². The van der Waals surface area contributed by atoms with Crippen molar-refractivity contribution in [2.45, 2.75) is 26.7 Å². The summed E-state index contributed by atoms with van der Waals surface area (Å²) in [4.78, 5) is 30.5. The average Bonchev–Trinajstić information content (AvgIpc) is 3.18. The van der Waals surface area contributed by atoms with Gasteiger partial charge in [-0.15, -0.1) is 0 Å². The largest absolute Gasteiger partial charge is 0.354 e. The molecule has 1 aromatic heterocycles. The summed E-state index contributed by atoms with van der Waals surface area (Å²) in [6.07, 6.45) is 11.2. The number of allylic oxidation sites excluding steroid dienone is 4. The van der Waals surface area contributed by atoms with Crippen LogP contribution in [-0.2, 0) is 6.42 Å². The fourth-order valence-electron chi connectivity index (χ4n) is 3.56. The first-order valence-electron chi connectivity index (χ1n) is 10.4. The smallest absolute Gasteiger partial charge is 0.326 e. The molecule has 6 nitrogen and oxygen atoms in total. The number of nitrogens with zero attached hydrogens (tertiary/aromatic N) is 2. The zero-order chi connectivity index (χ0) is 22.2. The monoisotopic (exact) mass is 416 g/mol. The fourth-order valence-corrected chi connectivity index (χ4v) is 3.56. The Morgan fingerprint density at radius 2 is 1.81 bits per heavy atom. The number of nitrogens with one attached hydrogen (secondary N) is 2. The van der Waals surface area contributed by atoms with E-state index >= 15 is 0 Å². The lowest BCUT2D eigenvalue weighted by Crippen LogP contribution is -2.31. The van der Waals surface area contributed by atoms with Crippen LogP contribution in [0.3, 0.4) is 0 Å². The number of pyridine rings is 1. The summed E-state index contributed by atoms with van der Waals surface area (Å²) in [5, 5.41) is 5.57. The van der Waals surface area contributed by atoms with Gasteiger partial charge < -0.3 is 10.6 Å². The van der Waals surface area contributed by atoms with Crippen molar-refractivity contribution in [1.82, 2.24) is 15.2 Å². The number of hydrogen-bond donors (Lipinski definition) is 2. The summed E-state index contributed by atoms with van der Waals surface area (Å²) >= 11 is 0. The van der Waals surface area contributed by atoms with Gasteiger partial charge in [0.05, 0.1) is 0 Å². The van der Waals surface area contributed by atoms with Crippen LogP contribution in [0.2, 0.25) is 0 Å². The molecule has 0 unspecified atom stereocenters. The maximum atomic E-state index is 12.8. The van der Waals surface area contributed by atoms with Gasteiger partial charge in [0.1, 0.15) is 5.69 Å². The number of rotatable bonds is 6. The van der Waals surface area contributed by atoms with Crippen LogP contribution in [0.4, 0.5) is 10.5 Å². The first kappa shape index (κ1) is 22.0. The van der Waals surface area contributed by atoms with Gasteiger partial charge in [-0.3, -0.25) is 14.7 Å². The molecule has 3 rings (SSSR count). The fraction of sp³-hybridized carbons (Fsp3) is 0.240. The van der Waals surface area contributed by atoms with Crippen LogP contribution in [0, 0.1) is 0 Å². The highest BCUT2D eigenvalue weighted by Crippen LogP contribution is 2.26. The molecule has 1 aromatic carbocycles. The van der Waals surface area contributed by atoms with Crippen molar-refractivity contribution in [2.75, 3.05) is 18.9 Å². The second-order valence-electron chi connectivity index (χ2n) is 7.24. The summed E-state index contributed by atoms with van der Waals surface area (Å²) in [6.45, 7) is 4.60. The summed E-state index contributed by atoms with van der Waals surface area (Å²) in [6, 6.07) is 11.3. The molecule has 0 aliphatic carbocycles. The van der Waals surface area contributed by atoms with Crippen LogP contribution in [0.25, 0.3) is 0 Å². The first-order chi connectivity index (χ1) is 15.0. The number of amides is 3. The van der Waals surface area contributed by atoms with Crippen LogP contribution in [0.15, 0.2) is 78.2 Å². The molecule has 0 fully saturated rings. The number of hydrogen-bond acceptors (Lipinski definition) is 3. The Hall–Kier alpha value is -3.67. The number of carbonyl (C=O) groups is 2. The lowest BCUT2D eigenvalue weighted by atomic mass is 10.0. The molecular weight excluding hydrogens is 388 g/mol. The van der Waals surface area contributed by atoms with E-state index in [4.69, 9.17) is 0 Å². The molecule has 0 saturated heterocycles. The van der Waals surface area contributed by atoms with Crippen molar-refractivity contribution >= 4 is 17.6 Å². The van der Waals surface area contributed by atoms with Crippen molar-refractivity contribution < 1.29 is 9.59 Å². The molecule has 0 radical (unpaired) electrons. The van der Waals surface area contributed by atoms with Gasteiger partial charge in [-0.25, -0.2) is 4.79 Å². The van der Waals surface area contributed by atoms with Crippen molar-refractivity contribution in [3.63, 3.8) is 0 Å². The summed E-state index contributed by atoms with van der Waals surface area (Å²) in [7, 11) is 1.59. The summed E-state index contributed by atoms with van der Waals surface area (Å²) in [5.74, 6) is -0.203. The summed E-state index contributed by atoms with van der Waals surface area (Å²) < 4.78 is 0. The van der Waals surface area contributed by atoms with E-state index in [1.54, 1.807) is 24.2 Å². The van der Waals surface area contributed by atoms with Crippen molar-refractivity contribution in [1.29, 1.82) is 0 Å². The third-order valence-corrected chi connectivity index (χ3v) is 5.06. The maximum Gasteiger partial charge on any atom is 0.326 e. The molecule has 2 aromatic rings. The molecule has 1 aliphatic heterocycles. The minimum atomic E-state index is -0.203. The van der Waals surface area contributed by atoms with Crippen LogP contribution in [0.1, 0.15) is 41.9 Å². The van der Waals surface area contributed by atoms with Crippen molar-refractivity contribution in [3.8, 4) is 0 Å². The summed E-state index contributed by atoms with van der Waals surface area (Å²) in [5.41, 5.74) is 5.34. The molecule has 6 heteroatoms. The van der Waals surface area contributed by atoms with E-state index in [0.717, 1.165) is 28.9 Å². The minimum Gasteiger partial charge on any atom is -0.354 e. The Kier molecular flexibility index (Phi) is 7.38. The van der Waals surface area contributed by atoms with E-state index in [2.05, 4.69) is 21.7 Å². The quantitative estimate of drug-likeness (QED) is 0.718. The van der Waals surface area contributed by atoms with Gasteiger partial charge >= 0.3 is 6.03 Å². The van der Waals surface area contributed by atoms with E-state index in [1.165, 1.54) is 5.57 Å². The predicted octanol–water partition coefficient (Wildman–Crippen LogP) is 4.68. The second kappa shape index (κ2) is 10.4. The number of carbonyl (C=O) groups excluding carboxylic acids is 2. The van der Waals surface area contributed by atoms with Gasteiger partial charge in [-0.05, 0) is 73.7 Å². The van der Waals surface area contributed by atoms with Gasteiger partial charge in [-0.2, -0.15) is 0 Å². The van der Waals surface area contributed by atoms with E-state index in [1.807, 2.05) is 62.4 Å². The van der Waals surface area contributed by atoms with E-state index < -0.39 is 0 Å². The third kappa shape index (κ3) is 5.48. The standard InChI is InChI=1S/C25H28N4O2/c1-4-6-20-13-15-29(23(20)7-5-2)25(31)28-21-10-8-18(9-11-21)16-19-12-14-27-22(17-19)24(30)26-3/h4-12,14,17H,13,15-16H2,1-3H3,(H,26,30)(H,28,31)/b6-4-,7-5-. The molecule has 0 bridgehead atoms. The lowest BCUT2D eigenvalue weighted by molar-refractivity contribution is 0.0958. The zero-order valence-electron chi connectivity index (χ0n) is 18.2. The minimum absolute atomic E-state index is 0.135. The second-order valence-corrected chi connectivity index (χ2v) is 7.24. The molecule has 2 heterocycles. The lowest BCUT2D eigenvalue weighted by Gasteiger charge is -2.19. The zero-order valence-corrected chi connectivity index (χ0v) is 18.2. The van der Waals surface area contributed by atoms with Crippen molar-refractivity contribution in [3.05, 3.63) is 95.0 Å². The number of benzene rings is 1. The Morgan fingerprint density at radius 3 is 2.48 bits per heavy atom. The van der Waals surface area contributed by atoms with Gasteiger partial charge in [0, 0.05) is 31.2 Å². The van der Waals surface area contributed by atoms with Crippen LogP contribution in [0.5, 0.6) is 0 Å². The van der Waals surface area contributed by atoms with E-state index in [-0.39, 0.29) is 11.9 Å². The molecular formula is C25H28N4O2. The molecule has 31 heavy (non-hydrogen) atoms. The van der Waals surface area contributed by atoms with Gasteiger partial charge in [0.25, 0.3) is 5.91 Å². The number of aromatic nitrogens is 1. The Morgan fingerprint density at radius 1 is 1.06 bits per heavy atom. The molecule has 160 valence electrons. The van der Waals surface area contributed by atoms with Crippen LogP contribution >= 0.6 is 0 Å². The Balaban J connectivity index is 1.67. The van der Waals surface area contributed by atoms with Gasteiger partial charge in [-0.1, -0.05) is 30.4 Å². The molecule has 3 amide bonds. The average molecular weight is 417 g/mol. The predicted molar refractivity (Wildman–Crippen MR) is 124 cm³/mol. The number of urea groups is 1. The normalized spacial score (nSPS) is 14.0. The third-order valence-electron chi connectivity index (χ3n) is 5.06. The highest BCUT2D eigenvalue weighted by atomic mass is 16.2. The Bertz CT molecular complexity index is 1040. The van der Waals surface area contributed by atoms with Crippen molar-refractivity contribution in [2.24, 2.45) is 0 Å². The topological polar surface area (TPSA) is 74.3 Å². The number of anilines is 1. The van der Waals surface area contributed by atoms with Crippen LogP contribution < -0.4 is 10.6 Å². The molecule has 0 saturated carbocycles.